The normalized spacial score (nSPS) is 16.4. The zero-order valence-electron chi connectivity index (χ0n) is 22.9. The van der Waals surface area contributed by atoms with Crippen LogP contribution in [0.4, 0.5) is 0 Å². The van der Waals surface area contributed by atoms with Crippen molar-refractivity contribution in [3.63, 3.8) is 0 Å². The van der Waals surface area contributed by atoms with Crippen LogP contribution >= 0.6 is 0 Å². The Morgan fingerprint density at radius 1 is 0.878 bits per heavy atom. The molecule has 2 aromatic heterocycles. The molecule has 1 amide bonds. The Morgan fingerprint density at radius 2 is 1.66 bits per heavy atom. The molecule has 2 heterocycles. The van der Waals surface area contributed by atoms with Crippen molar-refractivity contribution in [1.29, 1.82) is 0 Å². The number of hydrogen-bond acceptors (Lipinski definition) is 4. The molecule has 1 aliphatic carbocycles. The van der Waals surface area contributed by atoms with Gasteiger partial charge in [-0.25, -0.2) is 4.98 Å². The number of carbonyl (C=O) groups excluding carboxylic acids is 1. The van der Waals surface area contributed by atoms with Gasteiger partial charge in [0.15, 0.2) is 11.7 Å². The first-order valence-electron chi connectivity index (χ1n) is 14.3. The van der Waals surface area contributed by atoms with Crippen molar-refractivity contribution in [2.45, 2.75) is 31.6 Å². The Morgan fingerprint density at radius 3 is 2.44 bits per heavy atom. The Bertz CT molecular complexity index is 1550. The van der Waals surface area contributed by atoms with E-state index < -0.39 is 0 Å². The fourth-order valence-corrected chi connectivity index (χ4v) is 5.55. The average Bonchev–Trinajstić information content (AvgIpc) is 3.48. The number of allylic oxidation sites excluding steroid dienone is 2. The van der Waals surface area contributed by atoms with Crippen molar-refractivity contribution in [3.05, 3.63) is 144 Å². The molecule has 0 saturated heterocycles. The van der Waals surface area contributed by atoms with Crippen molar-refractivity contribution in [2.75, 3.05) is 6.54 Å². The van der Waals surface area contributed by atoms with Gasteiger partial charge < -0.3 is 9.73 Å². The molecule has 5 heteroatoms. The van der Waals surface area contributed by atoms with Gasteiger partial charge in [0, 0.05) is 47.5 Å². The molecule has 2 unspecified atom stereocenters. The molecule has 41 heavy (non-hydrogen) atoms. The van der Waals surface area contributed by atoms with Gasteiger partial charge in [0.25, 0.3) is 5.91 Å². The second-order valence-corrected chi connectivity index (χ2v) is 10.5. The number of rotatable bonds is 9. The number of hydrogen-bond donors (Lipinski definition) is 1. The van der Waals surface area contributed by atoms with Gasteiger partial charge >= 0.3 is 0 Å². The predicted molar refractivity (Wildman–Crippen MR) is 162 cm³/mol. The first kappa shape index (κ1) is 26.5. The summed E-state index contributed by atoms with van der Waals surface area (Å²) in [5.74, 6) is 1.89. The summed E-state index contributed by atoms with van der Waals surface area (Å²) in [5.41, 5.74) is 5.72. The van der Waals surface area contributed by atoms with Gasteiger partial charge in [-0.3, -0.25) is 9.78 Å². The number of amides is 1. The highest BCUT2D eigenvalue weighted by atomic mass is 16.4. The van der Waals surface area contributed by atoms with Crippen molar-refractivity contribution in [1.82, 2.24) is 15.3 Å². The summed E-state index contributed by atoms with van der Waals surface area (Å²) in [4.78, 5) is 22.3. The molecule has 0 aliphatic heterocycles. The molecule has 1 aliphatic rings. The second kappa shape index (κ2) is 12.6. The number of nitrogens with zero attached hydrogens (tertiary/aromatic N) is 2. The molecule has 5 nitrogen and oxygen atoms in total. The van der Waals surface area contributed by atoms with E-state index in [0.717, 1.165) is 59.0 Å². The molecular formula is C36H33N3O2. The molecule has 3 aromatic carbocycles. The smallest absolute Gasteiger partial charge is 0.251 e. The van der Waals surface area contributed by atoms with Crippen LogP contribution in [-0.2, 0) is 12.8 Å². The van der Waals surface area contributed by atoms with E-state index in [1.165, 1.54) is 0 Å². The van der Waals surface area contributed by atoms with Crippen LogP contribution in [0.25, 0.3) is 22.6 Å². The lowest BCUT2D eigenvalue weighted by Crippen LogP contribution is -2.26. The third kappa shape index (κ3) is 6.36. The van der Waals surface area contributed by atoms with E-state index in [0.29, 0.717) is 18.5 Å². The van der Waals surface area contributed by atoms with Crippen molar-refractivity contribution < 1.29 is 9.21 Å². The quantitative estimate of drug-likeness (QED) is 0.195. The summed E-state index contributed by atoms with van der Waals surface area (Å²) in [7, 11) is 0. The Labute approximate surface area is 241 Å². The minimum Gasteiger partial charge on any atom is -0.440 e. The SMILES string of the molecule is O=C(NCCc1ccccn1)c1cccc(CC2C=CCCC2c2nc(-c3ccccc3)c(-c3ccccc3)o2)c1. The lowest BCUT2D eigenvalue weighted by Gasteiger charge is -2.25. The van der Waals surface area contributed by atoms with Crippen molar-refractivity contribution in [2.24, 2.45) is 5.92 Å². The first-order valence-corrected chi connectivity index (χ1v) is 14.3. The number of benzene rings is 3. The number of pyridine rings is 1. The fourth-order valence-electron chi connectivity index (χ4n) is 5.55. The minimum atomic E-state index is -0.0637. The van der Waals surface area contributed by atoms with Crippen LogP contribution in [0.1, 0.15) is 46.3 Å². The number of carbonyl (C=O) groups is 1. The van der Waals surface area contributed by atoms with E-state index >= 15 is 0 Å². The molecule has 0 radical (unpaired) electrons. The molecule has 0 saturated carbocycles. The highest BCUT2D eigenvalue weighted by Gasteiger charge is 2.30. The van der Waals surface area contributed by atoms with Gasteiger partial charge in [-0.1, -0.05) is 91.0 Å². The summed E-state index contributed by atoms with van der Waals surface area (Å²) < 4.78 is 6.59. The van der Waals surface area contributed by atoms with Crippen molar-refractivity contribution >= 4 is 5.91 Å². The van der Waals surface area contributed by atoms with Crippen LogP contribution < -0.4 is 5.32 Å². The lowest BCUT2D eigenvalue weighted by molar-refractivity contribution is 0.0954. The maximum atomic E-state index is 12.9. The van der Waals surface area contributed by atoms with E-state index in [1.54, 1.807) is 6.20 Å². The first-order chi connectivity index (χ1) is 20.2. The maximum Gasteiger partial charge on any atom is 0.251 e. The Hall–Kier alpha value is -4.77. The van der Waals surface area contributed by atoms with Crippen LogP contribution in [0.15, 0.2) is 126 Å². The zero-order valence-corrected chi connectivity index (χ0v) is 22.9. The summed E-state index contributed by atoms with van der Waals surface area (Å²) in [6.45, 7) is 0.547. The van der Waals surface area contributed by atoms with Crippen molar-refractivity contribution in [3.8, 4) is 22.6 Å². The standard InChI is InChI=1S/C36H33N3O2/c40-35(38-23-21-31-19-9-10-22-37-31)30-18-11-12-26(25-30)24-29-17-7-8-20-32(29)36-39-33(27-13-3-1-4-14-27)34(41-36)28-15-5-2-6-16-28/h1-7,9-19,22,25,29,32H,8,20-21,23-24H2,(H,38,40). The van der Waals surface area contributed by atoms with E-state index in [9.17, 15) is 4.79 Å². The molecular weight excluding hydrogens is 506 g/mol. The summed E-state index contributed by atoms with van der Waals surface area (Å²) in [6, 6.07) is 34.2. The highest BCUT2D eigenvalue weighted by molar-refractivity contribution is 5.94. The van der Waals surface area contributed by atoms with Gasteiger partial charge in [-0.05, 0) is 55.0 Å². The molecule has 204 valence electrons. The zero-order chi connectivity index (χ0) is 27.9. The number of oxazole rings is 1. The summed E-state index contributed by atoms with van der Waals surface area (Å²) in [5, 5.41) is 3.04. The number of nitrogens with one attached hydrogen (secondary N) is 1. The average molecular weight is 540 g/mol. The maximum absolute atomic E-state index is 12.9. The van der Waals surface area contributed by atoms with Gasteiger partial charge in [0.1, 0.15) is 5.69 Å². The second-order valence-electron chi connectivity index (χ2n) is 10.5. The van der Waals surface area contributed by atoms with Crippen LogP contribution in [0.3, 0.4) is 0 Å². The predicted octanol–water partition coefficient (Wildman–Crippen LogP) is 7.67. The van der Waals surface area contributed by atoms with Crippen LogP contribution in [0.5, 0.6) is 0 Å². The summed E-state index contributed by atoms with van der Waals surface area (Å²) >= 11 is 0. The topological polar surface area (TPSA) is 68.0 Å². The molecule has 6 rings (SSSR count). The monoisotopic (exact) mass is 539 g/mol. The Kier molecular flexibility index (Phi) is 8.13. The summed E-state index contributed by atoms with van der Waals surface area (Å²) in [6.07, 6.45) is 9.79. The van der Waals surface area contributed by atoms with E-state index in [-0.39, 0.29) is 17.7 Å². The highest BCUT2D eigenvalue weighted by Crippen LogP contribution is 2.41. The van der Waals surface area contributed by atoms with Gasteiger partial charge in [-0.15, -0.1) is 0 Å². The third-order valence-electron chi connectivity index (χ3n) is 7.64. The van der Waals surface area contributed by atoms with Gasteiger partial charge in [0.2, 0.25) is 0 Å². The number of aromatic nitrogens is 2. The van der Waals surface area contributed by atoms with Gasteiger partial charge in [0.05, 0.1) is 0 Å². The molecule has 0 bridgehead atoms. The molecule has 2 atom stereocenters. The lowest BCUT2D eigenvalue weighted by atomic mass is 9.80. The largest absolute Gasteiger partial charge is 0.440 e. The third-order valence-corrected chi connectivity index (χ3v) is 7.64. The molecule has 5 aromatic rings. The van der Waals surface area contributed by atoms with E-state index in [4.69, 9.17) is 9.40 Å². The molecule has 1 N–H and O–H groups in total. The molecule has 0 fully saturated rings. The van der Waals surface area contributed by atoms with Crippen LogP contribution in [-0.4, -0.2) is 22.4 Å². The Balaban J connectivity index is 1.21. The van der Waals surface area contributed by atoms with Crippen LogP contribution in [0, 0.1) is 5.92 Å². The van der Waals surface area contributed by atoms with Gasteiger partial charge in [-0.2, -0.15) is 0 Å². The van der Waals surface area contributed by atoms with Crippen LogP contribution in [0.2, 0.25) is 0 Å². The fraction of sp³-hybridized carbons (Fsp3) is 0.194. The molecule has 0 spiro atoms. The van der Waals surface area contributed by atoms with E-state index in [1.807, 2.05) is 72.8 Å². The minimum absolute atomic E-state index is 0.0637. The van der Waals surface area contributed by atoms with E-state index in [2.05, 4.69) is 52.8 Å².